The number of carboxylic acid groups (broad SMARTS) is 1. The molecular weight excluding hydrogens is 320 g/mol. The highest BCUT2D eigenvalue weighted by Gasteiger charge is 2.38. The standard InChI is InChI=1S/C19H22N2O4/c1-24-14-7-8-17(25-2)15(11-14)18(13-5-3-9-20-12-13)21-10-4-6-16(21)19(22)23/h3,5,7-9,11-12,16,18H,4,6,10H2,1-2H3,(H,22,23). The number of hydrogen-bond acceptors (Lipinski definition) is 5. The van der Waals surface area contributed by atoms with E-state index in [9.17, 15) is 9.90 Å². The van der Waals surface area contributed by atoms with Crippen molar-refractivity contribution in [1.29, 1.82) is 0 Å². The van der Waals surface area contributed by atoms with Crippen molar-refractivity contribution in [2.75, 3.05) is 20.8 Å². The Kier molecular flexibility index (Phi) is 5.19. The lowest BCUT2D eigenvalue weighted by molar-refractivity contribution is -0.142. The van der Waals surface area contributed by atoms with Gasteiger partial charge in [0, 0.05) is 24.5 Å². The van der Waals surface area contributed by atoms with Crippen LogP contribution in [0, 0.1) is 0 Å². The monoisotopic (exact) mass is 342 g/mol. The molecule has 6 heteroatoms. The minimum absolute atomic E-state index is 0.262. The molecule has 0 saturated carbocycles. The predicted octanol–water partition coefficient (Wildman–Crippen LogP) is 2.74. The fourth-order valence-electron chi connectivity index (χ4n) is 3.50. The van der Waals surface area contributed by atoms with Crippen molar-refractivity contribution in [1.82, 2.24) is 9.88 Å². The Bertz CT molecular complexity index is 735. The third-order valence-corrected chi connectivity index (χ3v) is 4.64. The summed E-state index contributed by atoms with van der Waals surface area (Å²) in [6.45, 7) is 0.705. The Balaban J connectivity index is 2.14. The summed E-state index contributed by atoms with van der Waals surface area (Å²) in [5.41, 5.74) is 1.81. The van der Waals surface area contributed by atoms with E-state index >= 15 is 0 Å². The summed E-state index contributed by atoms with van der Waals surface area (Å²) in [6, 6.07) is 8.64. The molecule has 2 atom stereocenters. The molecule has 0 radical (unpaired) electrons. The Hall–Kier alpha value is -2.60. The second-order valence-corrected chi connectivity index (χ2v) is 6.03. The molecule has 0 aliphatic carbocycles. The van der Waals surface area contributed by atoms with Crippen LogP contribution in [0.5, 0.6) is 11.5 Å². The molecular formula is C19H22N2O4. The number of hydrogen-bond donors (Lipinski definition) is 1. The van der Waals surface area contributed by atoms with Crippen LogP contribution in [-0.4, -0.2) is 47.8 Å². The lowest BCUT2D eigenvalue weighted by Gasteiger charge is -2.32. The SMILES string of the molecule is COc1ccc(OC)c(C(c2cccnc2)N2CCCC2C(=O)O)c1. The number of pyridine rings is 1. The van der Waals surface area contributed by atoms with E-state index < -0.39 is 12.0 Å². The van der Waals surface area contributed by atoms with Crippen molar-refractivity contribution in [3.63, 3.8) is 0 Å². The van der Waals surface area contributed by atoms with Crippen LogP contribution in [0.1, 0.15) is 30.0 Å². The van der Waals surface area contributed by atoms with Gasteiger partial charge in [0.05, 0.1) is 20.3 Å². The summed E-state index contributed by atoms with van der Waals surface area (Å²) in [4.78, 5) is 18.0. The smallest absolute Gasteiger partial charge is 0.320 e. The van der Waals surface area contributed by atoms with Crippen molar-refractivity contribution >= 4 is 5.97 Å². The van der Waals surface area contributed by atoms with Gasteiger partial charge in [0.25, 0.3) is 0 Å². The van der Waals surface area contributed by atoms with E-state index in [0.717, 1.165) is 17.5 Å². The summed E-state index contributed by atoms with van der Waals surface area (Å²) in [7, 11) is 3.23. The number of rotatable bonds is 6. The first kappa shape index (κ1) is 17.2. The van der Waals surface area contributed by atoms with Gasteiger partial charge >= 0.3 is 5.97 Å². The van der Waals surface area contributed by atoms with Gasteiger partial charge < -0.3 is 14.6 Å². The van der Waals surface area contributed by atoms with Gasteiger partial charge in [-0.15, -0.1) is 0 Å². The van der Waals surface area contributed by atoms with Crippen LogP contribution in [0.3, 0.4) is 0 Å². The maximum Gasteiger partial charge on any atom is 0.320 e. The number of aromatic nitrogens is 1. The number of methoxy groups -OCH3 is 2. The molecule has 0 amide bonds. The molecule has 1 fully saturated rings. The Morgan fingerprint density at radius 1 is 1.32 bits per heavy atom. The molecule has 1 aromatic carbocycles. The van der Waals surface area contributed by atoms with Crippen molar-refractivity contribution in [3.8, 4) is 11.5 Å². The van der Waals surface area contributed by atoms with Gasteiger partial charge in [-0.1, -0.05) is 6.07 Å². The zero-order valence-electron chi connectivity index (χ0n) is 14.4. The first-order valence-corrected chi connectivity index (χ1v) is 8.26. The number of likely N-dealkylation sites (tertiary alicyclic amines) is 1. The maximum atomic E-state index is 11.7. The molecule has 1 saturated heterocycles. The molecule has 2 heterocycles. The largest absolute Gasteiger partial charge is 0.497 e. The van der Waals surface area contributed by atoms with E-state index in [1.807, 2.05) is 35.2 Å². The van der Waals surface area contributed by atoms with Gasteiger partial charge in [-0.3, -0.25) is 14.7 Å². The van der Waals surface area contributed by atoms with Crippen LogP contribution in [0.4, 0.5) is 0 Å². The Morgan fingerprint density at radius 2 is 2.16 bits per heavy atom. The van der Waals surface area contributed by atoms with E-state index in [1.54, 1.807) is 26.6 Å². The van der Waals surface area contributed by atoms with E-state index in [0.29, 0.717) is 24.5 Å². The topological polar surface area (TPSA) is 71.9 Å². The average molecular weight is 342 g/mol. The number of ether oxygens (including phenoxy) is 2. The maximum absolute atomic E-state index is 11.7. The lowest BCUT2D eigenvalue weighted by Crippen LogP contribution is -2.39. The molecule has 1 aliphatic heterocycles. The minimum atomic E-state index is -0.798. The second-order valence-electron chi connectivity index (χ2n) is 6.03. The summed E-state index contributed by atoms with van der Waals surface area (Å²) < 4.78 is 10.9. The van der Waals surface area contributed by atoms with Gasteiger partial charge in [0.15, 0.2) is 0 Å². The highest BCUT2D eigenvalue weighted by atomic mass is 16.5. The van der Waals surface area contributed by atoms with Gasteiger partial charge in [0.1, 0.15) is 17.5 Å². The zero-order chi connectivity index (χ0) is 17.8. The first-order valence-electron chi connectivity index (χ1n) is 8.26. The third kappa shape index (κ3) is 3.44. The average Bonchev–Trinajstić information content (AvgIpc) is 3.12. The van der Waals surface area contributed by atoms with Crippen molar-refractivity contribution < 1.29 is 19.4 Å². The molecule has 1 N–H and O–H groups in total. The molecule has 6 nitrogen and oxygen atoms in total. The van der Waals surface area contributed by atoms with Crippen molar-refractivity contribution in [3.05, 3.63) is 53.9 Å². The van der Waals surface area contributed by atoms with Crippen LogP contribution >= 0.6 is 0 Å². The van der Waals surface area contributed by atoms with Crippen LogP contribution < -0.4 is 9.47 Å². The van der Waals surface area contributed by atoms with Crippen molar-refractivity contribution in [2.24, 2.45) is 0 Å². The summed E-state index contributed by atoms with van der Waals surface area (Å²) in [5.74, 6) is 0.606. The number of carboxylic acids is 1. The molecule has 2 aromatic rings. The highest BCUT2D eigenvalue weighted by molar-refractivity contribution is 5.74. The van der Waals surface area contributed by atoms with Crippen LogP contribution in [0.15, 0.2) is 42.7 Å². The summed E-state index contributed by atoms with van der Waals surface area (Å²) in [5, 5.41) is 9.64. The van der Waals surface area contributed by atoms with Crippen LogP contribution in [0.2, 0.25) is 0 Å². The van der Waals surface area contributed by atoms with Gasteiger partial charge in [0.2, 0.25) is 0 Å². The number of aliphatic carboxylic acids is 1. The Morgan fingerprint density at radius 3 is 2.80 bits per heavy atom. The van der Waals surface area contributed by atoms with Crippen LogP contribution in [0.25, 0.3) is 0 Å². The molecule has 132 valence electrons. The number of nitrogens with zero attached hydrogens (tertiary/aromatic N) is 2. The molecule has 1 aromatic heterocycles. The second kappa shape index (κ2) is 7.53. The third-order valence-electron chi connectivity index (χ3n) is 4.64. The van der Waals surface area contributed by atoms with E-state index in [-0.39, 0.29) is 6.04 Å². The molecule has 2 unspecified atom stereocenters. The molecule has 0 spiro atoms. The fraction of sp³-hybridized carbons (Fsp3) is 0.368. The van der Waals surface area contributed by atoms with Crippen molar-refractivity contribution in [2.45, 2.75) is 24.9 Å². The van der Waals surface area contributed by atoms with Gasteiger partial charge in [-0.25, -0.2) is 0 Å². The van der Waals surface area contributed by atoms with Gasteiger partial charge in [-0.2, -0.15) is 0 Å². The summed E-state index contributed by atoms with van der Waals surface area (Å²) in [6.07, 6.45) is 4.97. The number of benzene rings is 1. The normalized spacial score (nSPS) is 18.7. The van der Waals surface area contributed by atoms with E-state index in [1.165, 1.54) is 0 Å². The first-order chi connectivity index (χ1) is 12.2. The molecule has 25 heavy (non-hydrogen) atoms. The summed E-state index contributed by atoms with van der Waals surface area (Å²) >= 11 is 0. The number of carbonyl (C=O) groups is 1. The molecule has 1 aliphatic rings. The highest BCUT2D eigenvalue weighted by Crippen LogP contribution is 2.40. The van der Waals surface area contributed by atoms with Crippen LogP contribution in [-0.2, 0) is 4.79 Å². The van der Waals surface area contributed by atoms with E-state index in [4.69, 9.17) is 9.47 Å². The van der Waals surface area contributed by atoms with Gasteiger partial charge in [-0.05, 0) is 42.7 Å². The predicted molar refractivity (Wildman–Crippen MR) is 93.0 cm³/mol. The lowest BCUT2D eigenvalue weighted by atomic mass is 9.96. The molecule has 3 rings (SSSR count). The van der Waals surface area contributed by atoms with E-state index in [2.05, 4.69) is 4.98 Å². The minimum Gasteiger partial charge on any atom is -0.497 e. The molecule has 0 bridgehead atoms. The quantitative estimate of drug-likeness (QED) is 0.870. The zero-order valence-corrected chi connectivity index (χ0v) is 14.4. The Labute approximate surface area is 147 Å². The fourth-order valence-corrected chi connectivity index (χ4v) is 3.50.